The summed E-state index contributed by atoms with van der Waals surface area (Å²) in [4.78, 5) is 2.25. The van der Waals surface area contributed by atoms with Gasteiger partial charge in [-0.3, -0.25) is 0 Å². The number of nitrogens with one attached hydrogen (secondary N) is 1. The quantitative estimate of drug-likeness (QED) is 0.731. The molecule has 0 spiro atoms. The van der Waals surface area contributed by atoms with E-state index in [9.17, 15) is 0 Å². The number of likely N-dealkylation sites (N-methyl/N-ethyl adjacent to an activating group) is 1. The highest BCUT2D eigenvalue weighted by atomic mass is 16.5. The Bertz CT molecular complexity index is 364. The molecule has 108 valence electrons. The van der Waals surface area contributed by atoms with Gasteiger partial charge in [0.15, 0.2) is 0 Å². The minimum Gasteiger partial charge on any atom is -0.497 e. The molecule has 0 amide bonds. The van der Waals surface area contributed by atoms with Gasteiger partial charge in [-0.25, -0.2) is 0 Å². The summed E-state index contributed by atoms with van der Waals surface area (Å²) in [6, 6.07) is 8.70. The maximum atomic E-state index is 5.30. The third kappa shape index (κ3) is 5.62. The normalized spacial score (nSPS) is 13.0. The average molecular weight is 264 g/mol. The lowest BCUT2D eigenvalue weighted by Gasteiger charge is -2.25. The summed E-state index contributed by atoms with van der Waals surface area (Å²) in [5.41, 5.74) is 1.29. The third-order valence-corrected chi connectivity index (χ3v) is 3.34. The standard InChI is InChI=1S/C16H28N2O/c1-13(2)9-10-17-12-16(18(3)4)14-7-6-8-15(11-14)19-5/h6-8,11,13,16-17H,9-10,12H2,1-5H3. The predicted molar refractivity (Wildman–Crippen MR) is 81.7 cm³/mol. The first-order valence-corrected chi connectivity index (χ1v) is 7.05. The SMILES string of the molecule is COc1cccc(C(CNCCC(C)C)N(C)C)c1. The molecule has 1 rings (SSSR count). The van der Waals surface area contributed by atoms with E-state index < -0.39 is 0 Å². The van der Waals surface area contributed by atoms with E-state index >= 15 is 0 Å². The zero-order valence-corrected chi connectivity index (χ0v) is 12.9. The zero-order valence-electron chi connectivity index (χ0n) is 12.9. The molecule has 1 aromatic carbocycles. The summed E-state index contributed by atoms with van der Waals surface area (Å²) in [6.45, 7) is 6.55. The van der Waals surface area contributed by atoms with Crippen molar-refractivity contribution in [3.8, 4) is 5.75 Å². The van der Waals surface area contributed by atoms with E-state index in [0.717, 1.165) is 24.8 Å². The Morgan fingerprint density at radius 1 is 1.26 bits per heavy atom. The first-order chi connectivity index (χ1) is 9.04. The molecule has 19 heavy (non-hydrogen) atoms. The molecule has 1 unspecified atom stereocenters. The minimum absolute atomic E-state index is 0.377. The fourth-order valence-electron chi connectivity index (χ4n) is 2.08. The van der Waals surface area contributed by atoms with Crippen LogP contribution in [0.25, 0.3) is 0 Å². The van der Waals surface area contributed by atoms with Crippen LogP contribution in [0.2, 0.25) is 0 Å². The van der Waals surface area contributed by atoms with Crippen LogP contribution in [0.1, 0.15) is 31.9 Å². The van der Waals surface area contributed by atoms with Gasteiger partial charge < -0.3 is 15.0 Å². The van der Waals surface area contributed by atoms with E-state index in [2.05, 4.69) is 56.4 Å². The zero-order chi connectivity index (χ0) is 14.3. The molecule has 0 aliphatic rings. The lowest BCUT2D eigenvalue weighted by molar-refractivity contribution is 0.286. The lowest BCUT2D eigenvalue weighted by atomic mass is 10.1. The van der Waals surface area contributed by atoms with Gasteiger partial charge in [0.05, 0.1) is 7.11 Å². The summed E-state index contributed by atoms with van der Waals surface area (Å²) >= 11 is 0. The predicted octanol–water partition coefficient (Wildman–Crippen LogP) is 2.93. The molecule has 0 saturated carbocycles. The molecule has 0 bridgehead atoms. The highest BCUT2D eigenvalue weighted by Crippen LogP contribution is 2.22. The fraction of sp³-hybridized carbons (Fsp3) is 0.625. The number of benzene rings is 1. The number of methoxy groups -OCH3 is 1. The summed E-state index contributed by atoms with van der Waals surface area (Å²) < 4.78 is 5.30. The van der Waals surface area contributed by atoms with Gasteiger partial charge in [-0.1, -0.05) is 26.0 Å². The van der Waals surface area contributed by atoms with Crippen molar-refractivity contribution in [2.45, 2.75) is 26.3 Å². The second kappa shape index (κ2) is 8.18. The van der Waals surface area contributed by atoms with Crippen LogP contribution in [0.4, 0.5) is 0 Å². The smallest absolute Gasteiger partial charge is 0.119 e. The number of nitrogens with zero attached hydrogens (tertiary/aromatic N) is 1. The Kier molecular flexibility index (Phi) is 6.89. The molecular weight excluding hydrogens is 236 g/mol. The molecule has 1 N–H and O–H groups in total. The van der Waals surface area contributed by atoms with E-state index in [-0.39, 0.29) is 0 Å². The summed E-state index contributed by atoms with van der Waals surface area (Å²) in [5.74, 6) is 1.67. The second-order valence-electron chi connectivity index (χ2n) is 5.64. The molecule has 3 nitrogen and oxygen atoms in total. The van der Waals surface area contributed by atoms with Gasteiger partial charge in [-0.15, -0.1) is 0 Å². The Balaban J connectivity index is 2.61. The molecule has 0 radical (unpaired) electrons. The van der Waals surface area contributed by atoms with E-state index in [1.54, 1.807) is 7.11 Å². The van der Waals surface area contributed by atoms with Crippen LogP contribution >= 0.6 is 0 Å². The van der Waals surface area contributed by atoms with Crippen molar-refractivity contribution in [1.29, 1.82) is 0 Å². The van der Waals surface area contributed by atoms with Crippen molar-refractivity contribution in [2.75, 3.05) is 34.3 Å². The van der Waals surface area contributed by atoms with E-state index in [1.165, 1.54) is 12.0 Å². The van der Waals surface area contributed by atoms with Gasteiger partial charge in [0, 0.05) is 12.6 Å². The monoisotopic (exact) mass is 264 g/mol. The summed E-state index contributed by atoms with van der Waals surface area (Å²) in [6.07, 6.45) is 1.22. The third-order valence-electron chi connectivity index (χ3n) is 3.34. The molecule has 3 heteroatoms. The van der Waals surface area contributed by atoms with Gasteiger partial charge in [-0.2, -0.15) is 0 Å². The second-order valence-corrected chi connectivity index (χ2v) is 5.64. The van der Waals surface area contributed by atoms with Crippen molar-refractivity contribution >= 4 is 0 Å². The Hall–Kier alpha value is -1.06. The van der Waals surface area contributed by atoms with Gasteiger partial charge in [0.25, 0.3) is 0 Å². The van der Waals surface area contributed by atoms with Crippen molar-refractivity contribution in [1.82, 2.24) is 10.2 Å². The van der Waals surface area contributed by atoms with Crippen molar-refractivity contribution in [3.63, 3.8) is 0 Å². The number of hydrogen-bond donors (Lipinski definition) is 1. The van der Waals surface area contributed by atoms with Crippen molar-refractivity contribution in [3.05, 3.63) is 29.8 Å². The van der Waals surface area contributed by atoms with E-state index in [0.29, 0.717) is 6.04 Å². The van der Waals surface area contributed by atoms with Gasteiger partial charge in [0.2, 0.25) is 0 Å². The van der Waals surface area contributed by atoms with E-state index in [1.807, 2.05) is 6.07 Å². The highest BCUT2D eigenvalue weighted by Gasteiger charge is 2.14. The molecule has 1 atom stereocenters. The van der Waals surface area contributed by atoms with Crippen LogP contribution in [0, 0.1) is 5.92 Å². The Labute approximate surface area is 118 Å². The molecule has 0 heterocycles. The molecule has 0 aromatic heterocycles. The van der Waals surface area contributed by atoms with Gasteiger partial charge >= 0.3 is 0 Å². The van der Waals surface area contributed by atoms with Crippen LogP contribution in [0.5, 0.6) is 5.75 Å². The Morgan fingerprint density at radius 3 is 2.58 bits per heavy atom. The first-order valence-electron chi connectivity index (χ1n) is 7.05. The average Bonchev–Trinajstić information content (AvgIpc) is 2.38. The molecule has 0 aliphatic carbocycles. The maximum Gasteiger partial charge on any atom is 0.119 e. The van der Waals surface area contributed by atoms with Gasteiger partial charge in [-0.05, 0) is 50.7 Å². The number of ether oxygens (including phenoxy) is 1. The molecule has 0 saturated heterocycles. The summed E-state index contributed by atoms with van der Waals surface area (Å²) in [7, 11) is 5.95. The Morgan fingerprint density at radius 2 is 2.00 bits per heavy atom. The van der Waals surface area contributed by atoms with Crippen LogP contribution in [0.3, 0.4) is 0 Å². The largest absolute Gasteiger partial charge is 0.497 e. The number of hydrogen-bond acceptors (Lipinski definition) is 3. The van der Waals surface area contributed by atoms with Crippen LogP contribution in [-0.4, -0.2) is 39.2 Å². The fourth-order valence-corrected chi connectivity index (χ4v) is 2.08. The minimum atomic E-state index is 0.377. The number of rotatable bonds is 8. The van der Waals surface area contributed by atoms with Crippen molar-refractivity contribution in [2.24, 2.45) is 5.92 Å². The van der Waals surface area contributed by atoms with Gasteiger partial charge in [0.1, 0.15) is 5.75 Å². The summed E-state index contributed by atoms with van der Waals surface area (Å²) in [5, 5.41) is 3.55. The lowest BCUT2D eigenvalue weighted by Crippen LogP contribution is -2.31. The topological polar surface area (TPSA) is 24.5 Å². The maximum absolute atomic E-state index is 5.30. The van der Waals surface area contributed by atoms with E-state index in [4.69, 9.17) is 4.74 Å². The van der Waals surface area contributed by atoms with Crippen molar-refractivity contribution < 1.29 is 4.74 Å². The molecule has 0 fully saturated rings. The highest BCUT2D eigenvalue weighted by molar-refractivity contribution is 5.30. The van der Waals surface area contributed by atoms with Crippen LogP contribution in [-0.2, 0) is 0 Å². The molecule has 1 aromatic rings. The molecular formula is C16H28N2O. The van der Waals surface area contributed by atoms with Crippen LogP contribution < -0.4 is 10.1 Å². The molecule has 0 aliphatic heterocycles. The first kappa shape index (κ1) is 16.0. The van der Waals surface area contributed by atoms with Crippen LogP contribution in [0.15, 0.2) is 24.3 Å².